The SMILES string of the molecule is O=C1NCCCN1C1CCSCC1. The molecule has 0 aromatic carbocycles. The van der Waals surface area contributed by atoms with Crippen molar-refractivity contribution in [2.75, 3.05) is 24.6 Å². The van der Waals surface area contributed by atoms with E-state index < -0.39 is 0 Å². The van der Waals surface area contributed by atoms with E-state index in [1.54, 1.807) is 0 Å². The van der Waals surface area contributed by atoms with Crippen LogP contribution in [0.3, 0.4) is 0 Å². The molecule has 0 unspecified atom stereocenters. The summed E-state index contributed by atoms with van der Waals surface area (Å²) < 4.78 is 0. The molecule has 0 bridgehead atoms. The van der Waals surface area contributed by atoms with Gasteiger partial charge in [0.1, 0.15) is 0 Å². The van der Waals surface area contributed by atoms with Gasteiger partial charge in [-0.25, -0.2) is 4.79 Å². The minimum atomic E-state index is 0.156. The Kier molecular flexibility index (Phi) is 2.98. The molecule has 0 radical (unpaired) electrons. The Labute approximate surface area is 83.2 Å². The second kappa shape index (κ2) is 4.22. The van der Waals surface area contributed by atoms with Crippen molar-refractivity contribution in [3.8, 4) is 0 Å². The summed E-state index contributed by atoms with van der Waals surface area (Å²) in [6.07, 6.45) is 3.46. The van der Waals surface area contributed by atoms with Crippen molar-refractivity contribution in [3.63, 3.8) is 0 Å². The van der Waals surface area contributed by atoms with Gasteiger partial charge < -0.3 is 10.2 Å². The molecule has 2 aliphatic heterocycles. The lowest BCUT2D eigenvalue weighted by Crippen LogP contribution is -2.52. The number of hydrogen-bond acceptors (Lipinski definition) is 2. The molecule has 2 fully saturated rings. The number of rotatable bonds is 1. The summed E-state index contributed by atoms with van der Waals surface area (Å²) in [4.78, 5) is 13.5. The van der Waals surface area contributed by atoms with E-state index in [-0.39, 0.29) is 6.03 Å². The van der Waals surface area contributed by atoms with Crippen molar-refractivity contribution in [2.45, 2.75) is 25.3 Å². The van der Waals surface area contributed by atoms with E-state index in [1.807, 2.05) is 16.7 Å². The Morgan fingerprint density at radius 1 is 1.38 bits per heavy atom. The lowest BCUT2D eigenvalue weighted by Gasteiger charge is -2.36. The zero-order valence-electron chi connectivity index (χ0n) is 7.79. The van der Waals surface area contributed by atoms with E-state index >= 15 is 0 Å². The first-order valence-electron chi connectivity index (χ1n) is 5.00. The monoisotopic (exact) mass is 200 g/mol. The standard InChI is InChI=1S/C9H16N2OS/c12-9-10-4-1-5-11(9)8-2-6-13-7-3-8/h8H,1-7H2,(H,10,12). The van der Waals surface area contributed by atoms with Crippen LogP contribution in [0.4, 0.5) is 4.79 Å². The zero-order valence-corrected chi connectivity index (χ0v) is 8.61. The van der Waals surface area contributed by atoms with E-state index in [1.165, 1.54) is 24.3 Å². The number of thioether (sulfide) groups is 1. The summed E-state index contributed by atoms with van der Waals surface area (Å²) in [6, 6.07) is 0.671. The van der Waals surface area contributed by atoms with Gasteiger partial charge in [-0.2, -0.15) is 11.8 Å². The Bertz CT molecular complexity index is 192. The lowest BCUT2D eigenvalue weighted by molar-refractivity contribution is 0.157. The van der Waals surface area contributed by atoms with Gasteiger partial charge in [0.2, 0.25) is 0 Å². The van der Waals surface area contributed by atoms with Crippen LogP contribution >= 0.6 is 11.8 Å². The fraction of sp³-hybridized carbons (Fsp3) is 0.889. The van der Waals surface area contributed by atoms with Gasteiger partial charge in [0.15, 0.2) is 0 Å². The Morgan fingerprint density at radius 2 is 2.15 bits per heavy atom. The number of carbonyl (C=O) groups excluding carboxylic acids is 1. The second-order valence-electron chi connectivity index (χ2n) is 3.62. The van der Waals surface area contributed by atoms with E-state index in [4.69, 9.17) is 0 Å². The summed E-state index contributed by atoms with van der Waals surface area (Å²) >= 11 is 2.01. The summed E-state index contributed by atoms with van der Waals surface area (Å²) in [5, 5.41) is 2.91. The summed E-state index contributed by atoms with van der Waals surface area (Å²) in [5.41, 5.74) is 0. The van der Waals surface area contributed by atoms with Gasteiger partial charge in [-0.1, -0.05) is 0 Å². The maximum absolute atomic E-state index is 11.5. The Balaban J connectivity index is 1.92. The lowest BCUT2D eigenvalue weighted by atomic mass is 10.1. The molecule has 0 saturated carbocycles. The van der Waals surface area contributed by atoms with Gasteiger partial charge in [-0.15, -0.1) is 0 Å². The third-order valence-electron chi connectivity index (χ3n) is 2.74. The Hall–Kier alpha value is -0.380. The predicted octanol–water partition coefficient (Wildman–Crippen LogP) is 1.30. The topological polar surface area (TPSA) is 32.3 Å². The third-order valence-corrected chi connectivity index (χ3v) is 3.79. The molecule has 1 N–H and O–H groups in total. The van der Waals surface area contributed by atoms with Crippen LogP contribution in [-0.2, 0) is 0 Å². The molecule has 0 spiro atoms. The quantitative estimate of drug-likeness (QED) is 0.692. The van der Waals surface area contributed by atoms with Gasteiger partial charge in [-0.05, 0) is 30.8 Å². The average molecular weight is 200 g/mol. The number of nitrogens with one attached hydrogen (secondary N) is 1. The molecule has 4 heteroatoms. The number of urea groups is 1. The van der Waals surface area contributed by atoms with E-state index in [0.29, 0.717) is 6.04 Å². The molecule has 2 amide bonds. The Morgan fingerprint density at radius 3 is 2.85 bits per heavy atom. The minimum absolute atomic E-state index is 0.156. The summed E-state index contributed by atoms with van der Waals surface area (Å²) in [5.74, 6) is 2.43. The van der Waals surface area contributed by atoms with Crippen molar-refractivity contribution in [1.29, 1.82) is 0 Å². The van der Waals surface area contributed by atoms with Gasteiger partial charge in [0, 0.05) is 19.1 Å². The maximum Gasteiger partial charge on any atom is 0.317 e. The molecule has 0 atom stereocenters. The maximum atomic E-state index is 11.5. The zero-order chi connectivity index (χ0) is 9.10. The predicted molar refractivity (Wildman–Crippen MR) is 55.1 cm³/mol. The van der Waals surface area contributed by atoms with Gasteiger partial charge in [0.25, 0.3) is 0 Å². The van der Waals surface area contributed by atoms with Gasteiger partial charge >= 0.3 is 6.03 Å². The number of nitrogens with zero attached hydrogens (tertiary/aromatic N) is 1. The largest absolute Gasteiger partial charge is 0.338 e. The van der Waals surface area contributed by atoms with Crippen molar-refractivity contribution in [2.24, 2.45) is 0 Å². The van der Waals surface area contributed by atoms with Crippen LogP contribution in [0.2, 0.25) is 0 Å². The second-order valence-corrected chi connectivity index (χ2v) is 4.85. The number of amides is 2. The highest BCUT2D eigenvalue weighted by molar-refractivity contribution is 7.99. The fourth-order valence-electron chi connectivity index (χ4n) is 1.99. The van der Waals surface area contributed by atoms with E-state index in [9.17, 15) is 4.79 Å². The van der Waals surface area contributed by atoms with Crippen molar-refractivity contribution in [1.82, 2.24) is 10.2 Å². The molecular weight excluding hydrogens is 184 g/mol. The van der Waals surface area contributed by atoms with Crippen LogP contribution < -0.4 is 5.32 Å². The molecular formula is C9H16N2OS. The van der Waals surface area contributed by atoms with Crippen LogP contribution in [-0.4, -0.2) is 41.6 Å². The van der Waals surface area contributed by atoms with E-state index in [2.05, 4.69) is 5.32 Å². The average Bonchev–Trinajstić information content (AvgIpc) is 2.20. The van der Waals surface area contributed by atoms with Crippen LogP contribution in [0.25, 0.3) is 0 Å². The highest BCUT2D eigenvalue weighted by atomic mass is 32.2. The summed E-state index contributed by atoms with van der Waals surface area (Å²) in [6.45, 7) is 1.82. The molecule has 0 aromatic rings. The van der Waals surface area contributed by atoms with Crippen molar-refractivity contribution < 1.29 is 4.79 Å². The first-order chi connectivity index (χ1) is 6.38. The molecule has 2 aliphatic rings. The third kappa shape index (κ3) is 2.10. The van der Waals surface area contributed by atoms with Crippen LogP contribution in [0.1, 0.15) is 19.3 Å². The van der Waals surface area contributed by atoms with Crippen LogP contribution in [0.15, 0.2) is 0 Å². The molecule has 2 heterocycles. The van der Waals surface area contributed by atoms with Crippen LogP contribution in [0, 0.1) is 0 Å². The number of carbonyl (C=O) groups is 1. The van der Waals surface area contributed by atoms with Crippen LogP contribution in [0.5, 0.6) is 0 Å². The normalized spacial score (nSPS) is 25.8. The molecule has 0 aromatic heterocycles. The molecule has 13 heavy (non-hydrogen) atoms. The smallest absolute Gasteiger partial charge is 0.317 e. The minimum Gasteiger partial charge on any atom is -0.338 e. The number of hydrogen-bond donors (Lipinski definition) is 1. The molecule has 74 valence electrons. The summed E-state index contributed by atoms with van der Waals surface area (Å²) in [7, 11) is 0. The van der Waals surface area contributed by atoms with Gasteiger partial charge in [-0.3, -0.25) is 0 Å². The molecule has 2 rings (SSSR count). The first kappa shape index (κ1) is 9.19. The molecule has 2 saturated heterocycles. The van der Waals surface area contributed by atoms with Gasteiger partial charge in [0.05, 0.1) is 0 Å². The fourth-order valence-corrected chi connectivity index (χ4v) is 3.07. The van der Waals surface area contributed by atoms with E-state index in [0.717, 1.165) is 19.5 Å². The molecule has 3 nitrogen and oxygen atoms in total. The van der Waals surface area contributed by atoms with Crippen molar-refractivity contribution >= 4 is 17.8 Å². The highest BCUT2D eigenvalue weighted by Gasteiger charge is 2.26. The highest BCUT2D eigenvalue weighted by Crippen LogP contribution is 2.22. The molecule has 0 aliphatic carbocycles. The van der Waals surface area contributed by atoms with Crippen molar-refractivity contribution in [3.05, 3.63) is 0 Å². The first-order valence-corrected chi connectivity index (χ1v) is 6.15.